The van der Waals surface area contributed by atoms with Crippen LogP contribution in [0.1, 0.15) is 29.4 Å². The predicted octanol–water partition coefficient (Wildman–Crippen LogP) is 4.72. The van der Waals surface area contributed by atoms with Gasteiger partial charge in [0.2, 0.25) is 15.8 Å². The molecule has 0 aliphatic heterocycles. The molecule has 30 heavy (non-hydrogen) atoms. The molecule has 0 amide bonds. The second-order valence-corrected chi connectivity index (χ2v) is 9.75. The number of aromatic nitrogens is 3. The average molecular weight is 461 g/mol. The SMILES string of the molecule is CCCS(=O)(=O)Nc1nc(C(=O)c2c[nH]c3ncc(-c4ccc(Cl)cc4)cc23)cs1. The summed E-state index contributed by atoms with van der Waals surface area (Å²) < 4.78 is 26.3. The highest BCUT2D eigenvalue weighted by Crippen LogP contribution is 2.28. The lowest BCUT2D eigenvalue weighted by molar-refractivity contribution is 0.103. The van der Waals surface area contributed by atoms with Gasteiger partial charge in [-0.15, -0.1) is 11.3 Å². The van der Waals surface area contributed by atoms with Gasteiger partial charge in [-0.2, -0.15) is 0 Å². The van der Waals surface area contributed by atoms with Crippen LogP contribution in [-0.4, -0.2) is 34.9 Å². The Morgan fingerprint density at radius 2 is 2.00 bits per heavy atom. The summed E-state index contributed by atoms with van der Waals surface area (Å²) in [5.74, 6) is -0.314. The molecule has 0 saturated carbocycles. The smallest absolute Gasteiger partial charge is 0.234 e. The van der Waals surface area contributed by atoms with E-state index in [2.05, 4.69) is 19.7 Å². The van der Waals surface area contributed by atoms with Crippen LogP contribution < -0.4 is 4.72 Å². The summed E-state index contributed by atoms with van der Waals surface area (Å²) in [6.45, 7) is 1.78. The number of sulfonamides is 1. The summed E-state index contributed by atoms with van der Waals surface area (Å²) in [5.41, 5.74) is 2.94. The zero-order valence-electron chi connectivity index (χ0n) is 15.8. The number of thiazole rings is 1. The number of nitrogens with zero attached hydrogens (tertiary/aromatic N) is 2. The van der Waals surface area contributed by atoms with Gasteiger partial charge in [-0.05, 0) is 30.2 Å². The molecule has 4 aromatic rings. The Bertz CT molecular complexity index is 1330. The van der Waals surface area contributed by atoms with Gasteiger partial charge in [-0.25, -0.2) is 18.4 Å². The maximum absolute atomic E-state index is 13.0. The van der Waals surface area contributed by atoms with Gasteiger partial charge in [0.25, 0.3) is 0 Å². The fourth-order valence-electron chi connectivity index (χ4n) is 3.01. The molecule has 0 fully saturated rings. The van der Waals surface area contributed by atoms with Crippen molar-refractivity contribution in [3.63, 3.8) is 0 Å². The minimum atomic E-state index is -3.46. The lowest BCUT2D eigenvalue weighted by Gasteiger charge is -2.03. The Kier molecular flexibility index (Phi) is 5.59. The topological polar surface area (TPSA) is 105 Å². The summed E-state index contributed by atoms with van der Waals surface area (Å²) in [4.78, 5) is 24.6. The van der Waals surface area contributed by atoms with Crippen molar-refractivity contribution >= 4 is 54.9 Å². The minimum Gasteiger partial charge on any atom is -0.345 e. The zero-order chi connectivity index (χ0) is 21.3. The number of nitrogens with one attached hydrogen (secondary N) is 2. The molecule has 0 aliphatic rings. The molecular weight excluding hydrogens is 444 g/mol. The molecular formula is C20H17ClN4O3S2. The van der Waals surface area contributed by atoms with Crippen LogP contribution in [0.4, 0.5) is 5.13 Å². The number of benzene rings is 1. The molecule has 0 saturated heterocycles. The Labute approximate surface area is 182 Å². The third-order valence-electron chi connectivity index (χ3n) is 4.41. The summed E-state index contributed by atoms with van der Waals surface area (Å²) in [5, 5.41) is 3.01. The first kappa shape index (κ1) is 20.5. The number of pyridine rings is 1. The van der Waals surface area contributed by atoms with Crippen LogP contribution in [0.5, 0.6) is 0 Å². The first-order chi connectivity index (χ1) is 14.4. The number of hydrogen-bond donors (Lipinski definition) is 2. The van der Waals surface area contributed by atoms with Crippen LogP contribution in [0.15, 0.2) is 48.1 Å². The number of fused-ring (bicyclic) bond motifs is 1. The van der Waals surface area contributed by atoms with E-state index in [0.717, 1.165) is 22.5 Å². The molecule has 4 rings (SSSR count). The standard InChI is InChI=1S/C20H17ClN4O3S2/c1-2-7-30(27,28)25-20-24-17(11-29-20)18(26)16-10-23-19-15(16)8-13(9-22-19)12-3-5-14(21)6-4-12/h3-6,8-11H,2,7H2,1H3,(H,22,23)(H,24,25). The molecule has 7 nitrogen and oxygen atoms in total. The van der Waals surface area contributed by atoms with Crippen LogP contribution in [0.3, 0.4) is 0 Å². The number of ketones is 1. The number of halogens is 1. The quantitative estimate of drug-likeness (QED) is 0.388. The highest BCUT2D eigenvalue weighted by atomic mass is 35.5. The lowest BCUT2D eigenvalue weighted by atomic mass is 10.0. The van der Waals surface area contributed by atoms with E-state index in [1.54, 1.807) is 36.8 Å². The summed E-state index contributed by atoms with van der Waals surface area (Å²) in [7, 11) is -3.46. The van der Waals surface area contributed by atoms with Gasteiger partial charge >= 0.3 is 0 Å². The average Bonchev–Trinajstić information content (AvgIpc) is 3.34. The molecule has 3 heterocycles. The molecule has 154 valence electrons. The van der Waals surface area contributed by atoms with Crippen LogP contribution in [0.25, 0.3) is 22.2 Å². The summed E-state index contributed by atoms with van der Waals surface area (Å²) in [6, 6.07) is 9.23. The number of carbonyl (C=O) groups excluding carboxylic acids is 1. The molecule has 0 atom stereocenters. The molecule has 0 aliphatic carbocycles. The van der Waals surface area contributed by atoms with Crippen LogP contribution in [0.2, 0.25) is 5.02 Å². The van der Waals surface area contributed by atoms with E-state index in [9.17, 15) is 13.2 Å². The van der Waals surface area contributed by atoms with Gasteiger partial charge in [0.1, 0.15) is 11.3 Å². The number of carbonyl (C=O) groups is 1. The second-order valence-electron chi connectivity index (χ2n) is 6.62. The molecule has 10 heteroatoms. The van der Waals surface area contributed by atoms with E-state index in [1.165, 1.54) is 0 Å². The first-order valence-electron chi connectivity index (χ1n) is 9.10. The third-order valence-corrected chi connectivity index (χ3v) is 6.99. The minimum absolute atomic E-state index is 0.00253. The van der Waals surface area contributed by atoms with E-state index in [0.29, 0.717) is 28.0 Å². The van der Waals surface area contributed by atoms with Crippen molar-refractivity contribution in [3.05, 3.63) is 64.4 Å². The Balaban J connectivity index is 1.65. The van der Waals surface area contributed by atoms with E-state index in [-0.39, 0.29) is 22.4 Å². The van der Waals surface area contributed by atoms with E-state index in [1.807, 2.05) is 18.2 Å². The number of rotatable bonds is 7. The fourth-order valence-corrected chi connectivity index (χ4v) is 5.19. The highest BCUT2D eigenvalue weighted by Gasteiger charge is 2.20. The Hall–Kier alpha value is -2.75. The van der Waals surface area contributed by atoms with E-state index >= 15 is 0 Å². The first-order valence-corrected chi connectivity index (χ1v) is 12.0. The molecule has 0 radical (unpaired) electrons. The van der Waals surface area contributed by atoms with Crippen molar-refractivity contribution in [3.8, 4) is 11.1 Å². The molecule has 1 aromatic carbocycles. The Morgan fingerprint density at radius 1 is 1.23 bits per heavy atom. The van der Waals surface area contributed by atoms with Crippen LogP contribution >= 0.6 is 22.9 Å². The summed E-state index contributed by atoms with van der Waals surface area (Å²) in [6.07, 6.45) is 3.80. The van der Waals surface area contributed by atoms with Crippen molar-refractivity contribution in [1.29, 1.82) is 0 Å². The van der Waals surface area contributed by atoms with Gasteiger partial charge in [0.15, 0.2) is 5.13 Å². The monoisotopic (exact) mass is 460 g/mol. The van der Waals surface area contributed by atoms with Crippen molar-refractivity contribution in [2.75, 3.05) is 10.5 Å². The normalized spacial score (nSPS) is 11.7. The molecule has 2 N–H and O–H groups in total. The largest absolute Gasteiger partial charge is 0.345 e. The maximum atomic E-state index is 13.0. The molecule has 0 bridgehead atoms. The molecule has 0 spiro atoms. The van der Waals surface area contributed by atoms with Crippen LogP contribution in [0, 0.1) is 0 Å². The van der Waals surface area contributed by atoms with Gasteiger partial charge in [-0.3, -0.25) is 9.52 Å². The Morgan fingerprint density at radius 3 is 2.73 bits per heavy atom. The third kappa shape index (κ3) is 4.23. The fraction of sp³-hybridized carbons (Fsp3) is 0.150. The van der Waals surface area contributed by atoms with Crippen LogP contribution in [-0.2, 0) is 10.0 Å². The van der Waals surface area contributed by atoms with Crippen molar-refractivity contribution in [2.45, 2.75) is 13.3 Å². The number of H-pyrrole nitrogens is 1. The molecule has 3 aromatic heterocycles. The number of aromatic amines is 1. The lowest BCUT2D eigenvalue weighted by Crippen LogP contribution is -2.16. The van der Waals surface area contributed by atoms with Gasteiger partial charge in [-0.1, -0.05) is 30.7 Å². The second kappa shape index (κ2) is 8.17. The van der Waals surface area contributed by atoms with E-state index in [4.69, 9.17) is 11.6 Å². The predicted molar refractivity (Wildman–Crippen MR) is 120 cm³/mol. The molecule has 0 unspecified atom stereocenters. The van der Waals surface area contributed by atoms with Gasteiger partial charge in [0.05, 0.1) is 11.3 Å². The number of anilines is 1. The maximum Gasteiger partial charge on any atom is 0.234 e. The van der Waals surface area contributed by atoms with Gasteiger partial charge < -0.3 is 4.98 Å². The highest BCUT2D eigenvalue weighted by molar-refractivity contribution is 7.92. The van der Waals surface area contributed by atoms with Crippen molar-refractivity contribution in [2.24, 2.45) is 0 Å². The summed E-state index contributed by atoms with van der Waals surface area (Å²) >= 11 is 7.03. The van der Waals surface area contributed by atoms with E-state index < -0.39 is 10.0 Å². The van der Waals surface area contributed by atoms with Crippen molar-refractivity contribution in [1.82, 2.24) is 15.0 Å². The number of hydrogen-bond acceptors (Lipinski definition) is 6. The zero-order valence-corrected chi connectivity index (χ0v) is 18.2. The van der Waals surface area contributed by atoms with Crippen molar-refractivity contribution < 1.29 is 13.2 Å². The van der Waals surface area contributed by atoms with Gasteiger partial charge in [0, 0.05) is 33.7 Å².